The zero-order chi connectivity index (χ0) is 18.4. The monoisotopic (exact) mass is 372 g/mol. The van der Waals surface area contributed by atoms with E-state index < -0.39 is 11.6 Å². The van der Waals surface area contributed by atoms with Crippen LogP contribution in [0.25, 0.3) is 5.69 Å². The van der Waals surface area contributed by atoms with E-state index in [9.17, 15) is 13.6 Å². The molecule has 8 heteroatoms. The molecule has 0 atom stereocenters. The van der Waals surface area contributed by atoms with Gasteiger partial charge in [-0.25, -0.2) is 18.4 Å². The van der Waals surface area contributed by atoms with E-state index in [-0.39, 0.29) is 29.4 Å². The number of rotatable bonds is 2. The Bertz CT molecular complexity index is 1070. The number of hydrogen-bond donors (Lipinski definition) is 0. The van der Waals surface area contributed by atoms with Crippen molar-refractivity contribution in [2.45, 2.75) is 13.5 Å². The Kier molecular flexibility index (Phi) is 3.88. The van der Waals surface area contributed by atoms with Crippen molar-refractivity contribution in [3.63, 3.8) is 0 Å². The van der Waals surface area contributed by atoms with Gasteiger partial charge in [-0.1, -0.05) is 17.7 Å². The predicted octanol–water partition coefficient (Wildman–Crippen LogP) is 3.75. The van der Waals surface area contributed by atoms with Crippen molar-refractivity contribution < 1.29 is 13.6 Å². The zero-order valence-corrected chi connectivity index (χ0v) is 14.3. The highest BCUT2D eigenvalue weighted by Crippen LogP contribution is 2.28. The average molecular weight is 373 g/mol. The fraction of sp³-hybridized carbons (Fsp3) is 0.111. The Morgan fingerprint density at radius 3 is 2.62 bits per heavy atom. The number of benzene rings is 2. The summed E-state index contributed by atoms with van der Waals surface area (Å²) in [7, 11) is 0. The molecule has 1 aliphatic rings. The third kappa shape index (κ3) is 2.61. The molecule has 26 heavy (non-hydrogen) atoms. The van der Waals surface area contributed by atoms with E-state index in [1.54, 1.807) is 18.2 Å². The van der Waals surface area contributed by atoms with Crippen molar-refractivity contribution in [1.29, 1.82) is 0 Å². The number of aliphatic imine (C=N–C) groups is 1. The third-order valence-electron chi connectivity index (χ3n) is 4.01. The van der Waals surface area contributed by atoms with Crippen molar-refractivity contribution in [1.82, 2.24) is 14.8 Å². The molecule has 0 fully saturated rings. The van der Waals surface area contributed by atoms with Crippen molar-refractivity contribution in [3.05, 3.63) is 75.8 Å². The van der Waals surface area contributed by atoms with E-state index in [0.29, 0.717) is 22.1 Å². The molecular formula is C18H11ClF2N4O. The van der Waals surface area contributed by atoms with Gasteiger partial charge in [0.05, 0.1) is 23.5 Å². The number of aromatic nitrogens is 3. The summed E-state index contributed by atoms with van der Waals surface area (Å²) < 4.78 is 30.2. The molecule has 0 bridgehead atoms. The van der Waals surface area contributed by atoms with Gasteiger partial charge in [-0.2, -0.15) is 0 Å². The third-order valence-corrected chi connectivity index (χ3v) is 4.24. The molecule has 0 saturated heterocycles. The highest BCUT2D eigenvalue weighted by molar-refractivity contribution is 6.31. The van der Waals surface area contributed by atoms with Crippen LogP contribution in [-0.2, 0) is 6.54 Å². The van der Waals surface area contributed by atoms with Crippen molar-refractivity contribution in [2.24, 2.45) is 4.99 Å². The van der Waals surface area contributed by atoms with Crippen LogP contribution in [0, 0.1) is 11.6 Å². The minimum absolute atomic E-state index is 0.00961. The Hall–Kier alpha value is -2.93. The fourth-order valence-corrected chi connectivity index (χ4v) is 3.02. The standard InChI is InChI=1S/C18H11ClF2N4O/c1-9(26)18-23-15-8-22-17(16-12(20)3-2-4-13(16)21)11-7-10(19)5-6-14(11)25(15)24-18/h2-7H,8H2,1H3. The topological polar surface area (TPSA) is 60.1 Å². The Labute approximate surface area is 152 Å². The predicted molar refractivity (Wildman–Crippen MR) is 92.1 cm³/mol. The van der Waals surface area contributed by atoms with Crippen LogP contribution in [0.5, 0.6) is 0 Å². The second-order valence-corrected chi connectivity index (χ2v) is 6.18. The molecule has 1 aromatic heterocycles. The van der Waals surface area contributed by atoms with Crippen LogP contribution < -0.4 is 0 Å². The number of hydrogen-bond acceptors (Lipinski definition) is 4. The number of halogens is 3. The number of fused-ring (bicyclic) bond motifs is 3. The molecule has 0 aliphatic carbocycles. The SMILES string of the molecule is CC(=O)c1nc2n(n1)-c1ccc(Cl)cc1C(c1c(F)cccc1F)=NC2. The fourth-order valence-electron chi connectivity index (χ4n) is 2.84. The van der Waals surface area contributed by atoms with Gasteiger partial charge in [0.25, 0.3) is 0 Å². The Balaban J connectivity index is 2.00. The van der Waals surface area contributed by atoms with Crippen LogP contribution >= 0.6 is 11.6 Å². The van der Waals surface area contributed by atoms with E-state index in [0.717, 1.165) is 0 Å². The molecule has 2 aromatic carbocycles. The summed E-state index contributed by atoms with van der Waals surface area (Å²) in [5.41, 5.74) is 0.770. The summed E-state index contributed by atoms with van der Waals surface area (Å²) in [5, 5.41) is 4.58. The van der Waals surface area contributed by atoms with Crippen LogP contribution in [0.15, 0.2) is 41.4 Å². The second kappa shape index (κ2) is 6.10. The minimum atomic E-state index is -0.730. The van der Waals surface area contributed by atoms with E-state index in [4.69, 9.17) is 11.6 Å². The van der Waals surface area contributed by atoms with Gasteiger partial charge in [-0.3, -0.25) is 9.79 Å². The molecule has 5 nitrogen and oxygen atoms in total. The van der Waals surface area contributed by atoms with Gasteiger partial charge in [0.15, 0.2) is 11.6 Å². The molecule has 1 aliphatic heterocycles. The van der Waals surface area contributed by atoms with Gasteiger partial charge in [0.1, 0.15) is 11.6 Å². The maximum atomic E-state index is 14.4. The maximum absolute atomic E-state index is 14.4. The molecule has 0 spiro atoms. The van der Waals surface area contributed by atoms with Crippen LogP contribution in [0.2, 0.25) is 5.02 Å². The number of carbonyl (C=O) groups excluding carboxylic acids is 1. The molecule has 3 aromatic rings. The number of ketones is 1. The lowest BCUT2D eigenvalue weighted by molar-refractivity contribution is 0.100. The van der Waals surface area contributed by atoms with Crippen LogP contribution in [-0.4, -0.2) is 26.3 Å². The zero-order valence-electron chi connectivity index (χ0n) is 13.5. The first-order valence-electron chi connectivity index (χ1n) is 7.71. The summed E-state index contributed by atoms with van der Waals surface area (Å²) in [6.45, 7) is 1.37. The first-order chi connectivity index (χ1) is 12.5. The molecule has 0 unspecified atom stereocenters. The first kappa shape index (κ1) is 16.5. The maximum Gasteiger partial charge on any atom is 0.217 e. The summed E-state index contributed by atoms with van der Waals surface area (Å²) in [4.78, 5) is 20.1. The smallest absolute Gasteiger partial charge is 0.217 e. The molecule has 0 N–H and O–H groups in total. The van der Waals surface area contributed by atoms with Crippen molar-refractivity contribution in [2.75, 3.05) is 0 Å². The van der Waals surface area contributed by atoms with Crippen LogP contribution in [0.1, 0.15) is 34.5 Å². The lowest BCUT2D eigenvalue weighted by Crippen LogP contribution is -2.12. The van der Waals surface area contributed by atoms with E-state index >= 15 is 0 Å². The van der Waals surface area contributed by atoms with Crippen molar-refractivity contribution in [3.8, 4) is 5.69 Å². The highest BCUT2D eigenvalue weighted by Gasteiger charge is 2.26. The largest absolute Gasteiger partial charge is 0.291 e. The van der Waals surface area contributed by atoms with E-state index in [1.165, 1.54) is 29.8 Å². The van der Waals surface area contributed by atoms with E-state index in [1.807, 2.05) is 0 Å². The minimum Gasteiger partial charge on any atom is -0.291 e. The number of carbonyl (C=O) groups is 1. The van der Waals surface area contributed by atoms with Gasteiger partial charge in [-0.05, 0) is 30.3 Å². The van der Waals surface area contributed by atoms with Crippen molar-refractivity contribution >= 4 is 23.1 Å². The first-order valence-corrected chi connectivity index (χ1v) is 8.09. The Morgan fingerprint density at radius 2 is 1.92 bits per heavy atom. The average Bonchev–Trinajstić information content (AvgIpc) is 2.96. The molecule has 4 rings (SSSR count). The Morgan fingerprint density at radius 1 is 1.19 bits per heavy atom. The second-order valence-electron chi connectivity index (χ2n) is 5.74. The summed E-state index contributed by atoms with van der Waals surface area (Å²) in [6, 6.07) is 8.46. The van der Waals surface area contributed by atoms with Crippen LogP contribution in [0.3, 0.4) is 0 Å². The summed E-state index contributed by atoms with van der Waals surface area (Å²) >= 11 is 6.10. The molecular weight excluding hydrogens is 362 g/mol. The van der Waals surface area contributed by atoms with Gasteiger partial charge in [-0.15, -0.1) is 5.10 Å². The lowest BCUT2D eigenvalue weighted by atomic mass is 9.99. The molecule has 2 heterocycles. The van der Waals surface area contributed by atoms with Gasteiger partial charge >= 0.3 is 0 Å². The molecule has 0 radical (unpaired) electrons. The molecule has 0 saturated carbocycles. The normalized spacial score (nSPS) is 12.8. The number of Topliss-reactive ketones (excluding diaryl/α,β-unsaturated/α-hetero) is 1. The van der Waals surface area contributed by atoms with Gasteiger partial charge in [0, 0.05) is 17.5 Å². The van der Waals surface area contributed by atoms with E-state index in [2.05, 4.69) is 15.1 Å². The quantitative estimate of drug-likeness (QED) is 0.644. The van der Waals surface area contributed by atoms with Gasteiger partial charge in [0.2, 0.25) is 5.82 Å². The molecule has 0 amide bonds. The van der Waals surface area contributed by atoms with Crippen LogP contribution in [0.4, 0.5) is 8.78 Å². The highest BCUT2D eigenvalue weighted by atomic mass is 35.5. The number of nitrogens with zero attached hydrogens (tertiary/aromatic N) is 4. The summed E-state index contributed by atoms with van der Waals surface area (Å²) in [5.74, 6) is -1.30. The lowest BCUT2D eigenvalue weighted by Gasteiger charge is -2.12. The molecule has 130 valence electrons. The summed E-state index contributed by atoms with van der Waals surface area (Å²) in [6.07, 6.45) is 0. The van der Waals surface area contributed by atoms with Gasteiger partial charge < -0.3 is 0 Å².